The second-order valence-electron chi connectivity index (χ2n) is 5.98. The van der Waals surface area contributed by atoms with E-state index in [4.69, 9.17) is 5.73 Å². The molecular formula is C15H21N3O3S. The van der Waals surface area contributed by atoms with Crippen molar-refractivity contribution in [1.82, 2.24) is 9.21 Å². The molecule has 1 saturated carbocycles. The first-order valence-corrected chi connectivity index (χ1v) is 9.07. The van der Waals surface area contributed by atoms with Crippen molar-refractivity contribution in [3.8, 4) is 0 Å². The summed E-state index contributed by atoms with van der Waals surface area (Å²) >= 11 is 0. The first-order chi connectivity index (χ1) is 10.5. The van der Waals surface area contributed by atoms with E-state index >= 15 is 0 Å². The van der Waals surface area contributed by atoms with Gasteiger partial charge in [0, 0.05) is 38.3 Å². The Morgan fingerprint density at radius 3 is 2.18 bits per heavy atom. The number of hydrogen-bond acceptors (Lipinski definition) is 4. The van der Waals surface area contributed by atoms with E-state index < -0.39 is 15.9 Å². The van der Waals surface area contributed by atoms with E-state index in [1.807, 2.05) is 12.1 Å². The molecule has 0 atom stereocenters. The van der Waals surface area contributed by atoms with Crippen molar-refractivity contribution in [2.45, 2.75) is 24.6 Å². The SMILES string of the molecule is NC(=O)c1ccc(CN2CCN(S(=O)(=O)C3CC3)CC2)cc1. The third-order valence-electron chi connectivity index (χ3n) is 4.28. The van der Waals surface area contributed by atoms with E-state index in [-0.39, 0.29) is 5.25 Å². The van der Waals surface area contributed by atoms with Crippen LogP contribution in [0.1, 0.15) is 28.8 Å². The number of carbonyl (C=O) groups is 1. The fourth-order valence-corrected chi connectivity index (χ4v) is 4.58. The number of carbonyl (C=O) groups excluding carboxylic acids is 1. The molecule has 1 heterocycles. The fourth-order valence-electron chi connectivity index (χ4n) is 2.75. The summed E-state index contributed by atoms with van der Waals surface area (Å²) in [5.74, 6) is -0.426. The molecule has 0 unspecified atom stereocenters. The molecule has 1 saturated heterocycles. The molecule has 1 aliphatic carbocycles. The van der Waals surface area contributed by atoms with Crippen LogP contribution in [0, 0.1) is 0 Å². The Labute approximate surface area is 130 Å². The van der Waals surface area contributed by atoms with Gasteiger partial charge in [-0.05, 0) is 30.5 Å². The minimum Gasteiger partial charge on any atom is -0.366 e. The Morgan fingerprint density at radius 2 is 1.68 bits per heavy atom. The lowest BCUT2D eigenvalue weighted by Gasteiger charge is -2.34. The van der Waals surface area contributed by atoms with Gasteiger partial charge in [0.15, 0.2) is 0 Å². The van der Waals surface area contributed by atoms with Gasteiger partial charge in [0.05, 0.1) is 5.25 Å². The molecule has 7 heteroatoms. The van der Waals surface area contributed by atoms with Crippen molar-refractivity contribution in [3.05, 3.63) is 35.4 Å². The maximum absolute atomic E-state index is 12.2. The average molecular weight is 323 g/mol. The quantitative estimate of drug-likeness (QED) is 0.850. The van der Waals surface area contributed by atoms with E-state index in [1.165, 1.54) is 0 Å². The van der Waals surface area contributed by atoms with Crippen LogP contribution in [0.2, 0.25) is 0 Å². The molecule has 0 bridgehead atoms. The van der Waals surface area contributed by atoms with Crippen LogP contribution in [0.5, 0.6) is 0 Å². The molecule has 3 rings (SSSR count). The molecule has 1 aromatic carbocycles. The lowest BCUT2D eigenvalue weighted by atomic mass is 10.1. The van der Waals surface area contributed by atoms with Gasteiger partial charge in [0.25, 0.3) is 0 Å². The highest BCUT2D eigenvalue weighted by Gasteiger charge is 2.40. The van der Waals surface area contributed by atoms with Crippen molar-refractivity contribution < 1.29 is 13.2 Å². The third kappa shape index (κ3) is 3.31. The summed E-state index contributed by atoms with van der Waals surface area (Å²) in [5, 5.41) is -0.125. The van der Waals surface area contributed by atoms with Crippen molar-refractivity contribution in [1.29, 1.82) is 0 Å². The number of hydrogen-bond donors (Lipinski definition) is 1. The van der Waals surface area contributed by atoms with Crippen LogP contribution in [0.15, 0.2) is 24.3 Å². The van der Waals surface area contributed by atoms with E-state index in [2.05, 4.69) is 4.90 Å². The van der Waals surface area contributed by atoms with E-state index in [1.54, 1.807) is 16.4 Å². The summed E-state index contributed by atoms with van der Waals surface area (Å²) in [4.78, 5) is 13.3. The van der Waals surface area contributed by atoms with Gasteiger partial charge in [0.1, 0.15) is 0 Å². The number of sulfonamides is 1. The summed E-state index contributed by atoms with van der Waals surface area (Å²) in [6, 6.07) is 7.25. The molecule has 2 N–H and O–H groups in total. The van der Waals surface area contributed by atoms with Gasteiger partial charge in [-0.1, -0.05) is 12.1 Å². The van der Waals surface area contributed by atoms with Gasteiger partial charge in [0.2, 0.25) is 15.9 Å². The number of benzene rings is 1. The summed E-state index contributed by atoms with van der Waals surface area (Å²) in [6.45, 7) is 3.37. The van der Waals surface area contributed by atoms with Crippen LogP contribution in [0.3, 0.4) is 0 Å². The number of rotatable bonds is 5. The van der Waals surface area contributed by atoms with Crippen LogP contribution in [0.4, 0.5) is 0 Å². The minimum absolute atomic E-state index is 0.125. The Balaban J connectivity index is 1.54. The van der Waals surface area contributed by atoms with Gasteiger partial charge in [-0.2, -0.15) is 4.31 Å². The lowest BCUT2D eigenvalue weighted by molar-refractivity contribution is 0.1000. The highest BCUT2D eigenvalue weighted by atomic mass is 32.2. The molecule has 0 radical (unpaired) electrons. The zero-order valence-electron chi connectivity index (χ0n) is 12.4. The topological polar surface area (TPSA) is 83.7 Å². The molecule has 6 nitrogen and oxygen atoms in total. The Morgan fingerprint density at radius 1 is 1.09 bits per heavy atom. The Hall–Kier alpha value is -1.44. The number of amides is 1. The van der Waals surface area contributed by atoms with Crippen molar-refractivity contribution in [2.24, 2.45) is 5.73 Å². The summed E-state index contributed by atoms with van der Waals surface area (Å²) in [6.07, 6.45) is 1.63. The lowest BCUT2D eigenvalue weighted by Crippen LogP contribution is -2.49. The molecule has 1 aliphatic heterocycles. The number of nitrogens with zero attached hydrogens (tertiary/aromatic N) is 2. The second kappa shape index (κ2) is 5.98. The van der Waals surface area contributed by atoms with Gasteiger partial charge >= 0.3 is 0 Å². The van der Waals surface area contributed by atoms with Gasteiger partial charge in [-0.15, -0.1) is 0 Å². The van der Waals surface area contributed by atoms with E-state index in [0.29, 0.717) is 18.7 Å². The van der Waals surface area contributed by atoms with Gasteiger partial charge in [-0.3, -0.25) is 9.69 Å². The molecule has 120 valence electrons. The third-order valence-corrected chi connectivity index (χ3v) is 6.68. The highest BCUT2D eigenvalue weighted by molar-refractivity contribution is 7.90. The second-order valence-corrected chi connectivity index (χ2v) is 8.19. The molecule has 2 aliphatic rings. The monoisotopic (exact) mass is 323 g/mol. The fraction of sp³-hybridized carbons (Fsp3) is 0.533. The molecule has 1 amide bonds. The van der Waals surface area contributed by atoms with Gasteiger partial charge in [-0.25, -0.2) is 8.42 Å². The highest BCUT2D eigenvalue weighted by Crippen LogP contribution is 2.31. The summed E-state index contributed by atoms with van der Waals surface area (Å²) in [5.41, 5.74) is 6.83. The molecule has 2 fully saturated rings. The van der Waals surface area contributed by atoms with E-state index in [9.17, 15) is 13.2 Å². The first kappa shape index (κ1) is 15.5. The predicted molar refractivity (Wildman–Crippen MR) is 83.8 cm³/mol. The molecule has 22 heavy (non-hydrogen) atoms. The number of nitrogens with two attached hydrogens (primary N) is 1. The van der Waals surface area contributed by atoms with Crippen molar-refractivity contribution in [3.63, 3.8) is 0 Å². The van der Waals surface area contributed by atoms with Crippen LogP contribution in [-0.2, 0) is 16.6 Å². The standard InChI is InChI=1S/C15H21N3O3S/c16-15(19)13-3-1-12(2-4-13)11-17-7-9-18(10-8-17)22(20,21)14-5-6-14/h1-4,14H,5-11H2,(H2,16,19). The van der Waals surface area contributed by atoms with Crippen molar-refractivity contribution >= 4 is 15.9 Å². The largest absolute Gasteiger partial charge is 0.366 e. The maximum Gasteiger partial charge on any atom is 0.248 e. The molecule has 1 aromatic rings. The molecular weight excluding hydrogens is 302 g/mol. The van der Waals surface area contributed by atoms with E-state index in [0.717, 1.165) is 38.0 Å². The van der Waals surface area contributed by atoms with Crippen LogP contribution in [-0.4, -0.2) is 55.0 Å². The minimum atomic E-state index is -3.04. The van der Waals surface area contributed by atoms with Crippen LogP contribution in [0.25, 0.3) is 0 Å². The number of primary amides is 1. The molecule has 0 spiro atoms. The van der Waals surface area contributed by atoms with Crippen LogP contribution >= 0.6 is 0 Å². The average Bonchev–Trinajstić information content (AvgIpc) is 3.33. The maximum atomic E-state index is 12.2. The Bertz CT molecular complexity index is 645. The normalized spacial score (nSPS) is 20.9. The zero-order chi connectivity index (χ0) is 15.7. The Kier molecular flexibility index (Phi) is 4.20. The zero-order valence-corrected chi connectivity index (χ0v) is 13.3. The predicted octanol–water partition coefficient (Wildman–Crippen LogP) is 0.395. The van der Waals surface area contributed by atoms with Gasteiger partial charge < -0.3 is 5.73 Å². The summed E-state index contributed by atoms with van der Waals surface area (Å²) in [7, 11) is -3.04. The van der Waals surface area contributed by atoms with Crippen molar-refractivity contribution in [2.75, 3.05) is 26.2 Å². The first-order valence-electron chi connectivity index (χ1n) is 7.57. The smallest absolute Gasteiger partial charge is 0.248 e. The molecule has 0 aromatic heterocycles. The number of piperazine rings is 1. The summed E-state index contributed by atoms with van der Waals surface area (Å²) < 4.78 is 26.0. The van der Waals surface area contributed by atoms with Crippen LogP contribution < -0.4 is 5.73 Å².